The van der Waals surface area contributed by atoms with Crippen molar-refractivity contribution < 1.29 is 47.4 Å². The Morgan fingerprint density at radius 2 is 0.439 bits per heavy atom. The van der Waals surface area contributed by atoms with Crippen LogP contribution in [0, 0.1) is 7.14 Å². The van der Waals surface area contributed by atoms with E-state index in [2.05, 4.69) is 236 Å². The number of halogens is 3. The number of benzene rings is 7. The van der Waals surface area contributed by atoms with Crippen LogP contribution in [0.15, 0.2) is 152 Å². The largest absolute Gasteiger partial charge is 0.494 e. The summed E-state index contributed by atoms with van der Waals surface area (Å²) >= 11 is 8.30. The Kier molecular flexibility index (Phi) is 37.5. The van der Waals surface area contributed by atoms with Crippen molar-refractivity contribution >= 4 is 61.1 Å². The molecule has 0 amide bonds. The molecule has 0 N–H and O–H groups in total. The molecular weight excluding hydrogens is 1510 g/mol. The molecule has 98 heavy (non-hydrogen) atoms. The molecule has 13 heteroatoms. The highest BCUT2D eigenvalue weighted by Gasteiger charge is 2.16. The molecule has 534 valence electrons. The molecule has 0 aromatic heterocycles. The van der Waals surface area contributed by atoms with E-state index in [1.54, 1.807) is 0 Å². The molecular formula is C85H113BrI2O10. The number of hydrogen-bond donors (Lipinski definition) is 0. The van der Waals surface area contributed by atoms with Crippen LogP contribution < -0.4 is 47.4 Å². The zero-order valence-corrected chi connectivity index (χ0v) is 65.8. The van der Waals surface area contributed by atoms with Crippen molar-refractivity contribution in [1.29, 1.82) is 0 Å². The monoisotopic (exact) mass is 1630 g/mol. The van der Waals surface area contributed by atoms with E-state index in [4.69, 9.17) is 47.4 Å². The summed E-state index contributed by atoms with van der Waals surface area (Å²) in [5, 5.41) is 0.928. The van der Waals surface area contributed by atoms with Gasteiger partial charge in [0.05, 0.1) is 66.1 Å². The van der Waals surface area contributed by atoms with Gasteiger partial charge < -0.3 is 47.4 Å². The van der Waals surface area contributed by atoms with Crippen LogP contribution in [0.25, 0.3) is 0 Å². The van der Waals surface area contributed by atoms with Gasteiger partial charge in [0.1, 0.15) is 57.5 Å². The lowest BCUT2D eigenvalue weighted by Crippen LogP contribution is -2.10. The topological polar surface area (TPSA) is 92.3 Å². The van der Waals surface area contributed by atoms with Gasteiger partial charge in [-0.25, -0.2) is 0 Å². The molecule has 0 heterocycles. The molecule has 7 rings (SSSR count). The van der Waals surface area contributed by atoms with Crippen molar-refractivity contribution in [3.8, 4) is 57.5 Å². The highest BCUT2D eigenvalue weighted by molar-refractivity contribution is 14.1. The van der Waals surface area contributed by atoms with Crippen LogP contribution in [0.2, 0.25) is 0 Å². The van der Waals surface area contributed by atoms with Gasteiger partial charge in [-0.2, -0.15) is 0 Å². The van der Waals surface area contributed by atoms with Crippen LogP contribution >= 0.6 is 61.1 Å². The van der Waals surface area contributed by atoms with Gasteiger partial charge in [0.15, 0.2) is 0 Å². The summed E-state index contributed by atoms with van der Waals surface area (Å²) in [5.74, 6) is 8.67. The number of ether oxygens (including phenoxy) is 10. The average Bonchev–Trinajstić information content (AvgIpc) is 0.944. The maximum Gasteiger partial charge on any atom is 0.123 e. The van der Waals surface area contributed by atoms with Crippen molar-refractivity contribution in [1.82, 2.24) is 0 Å². The van der Waals surface area contributed by atoms with Gasteiger partial charge in [-0.1, -0.05) is 159 Å². The predicted octanol–water partition coefficient (Wildman–Crippen LogP) is 23.7. The van der Waals surface area contributed by atoms with Crippen LogP contribution in [-0.4, -0.2) is 71.4 Å². The Hall–Kier alpha value is -5.52. The molecule has 0 aliphatic heterocycles. The maximum absolute atomic E-state index is 6.53. The zero-order valence-electron chi connectivity index (χ0n) is 59.9. The molecule has 0 radical (unpaired) electrons. The summed E-state index contributed by atoms with van der Waals surface area (Å²) in [6.45, 7) is 19.6. The fraction of sp³-hybridized carbons (Fsp3) is 0.506. The average molecular weight is 1630 g/mol. The fourth-order valence-corrected chi connectivity index (χ4v) is 12.4. The molecule has 0 spiro atoms. The molecule has 7 aromatic rings. The van der Waals surface area contributed by atoms with E-state index in [-0.39, 0.29) is 10.8 Å². The van der Waals surface area contributed by atoms with Gasteiger partial charge in [-0.3, -0.25) is 0 Å². The Balaban J connectivity index is 0.862. The first-order valence-electron chi connectivity index (χ1n) is 36.6. The quantitative estimate of drug-likeness (QED) is 0.0209. The standard InChI is InChI=1S/C85H113BrI2O10/c1-84(2,3)70-31-39-74(40-32-70)91-54-26-56-97-82-62-68(60-78(64-82)93-50-21-17-13-9-7-11-15-19-48-89-76-43-35-72(87)36-44-76)29-24-52-95-80-58-67(28-23-47-86)59-81(66-80)96-53-25-30-69-61-79(65-83(63-69)98-57-27-55-92-75-41-33-71(34-42-75)85(4,5)6)94-51-22-18-14-10-8-12-16-20-49-90-77-45-37-73(88)38-46-77/h31-46,58-66H,7-30,47-57H2,1-6H3. The second kappa shape index (κ2) is 46.1. The SMILES string of the molecule is CC(C)(C)c1ccc(OCCCOc2cc(CCCOc3cc(CCCBr)cc(OCCCc4cc(OCCCCCCCCCCOc5ccc(I)cc5)cc(OCCCOc5ccc(C(C)(C)C)cc5)c4)c3)cc(OCCCCCCCCCCOc3ccc(I)cc3)c2)cc1. The maximum atomic E-state index is 6.53. The molecule has 0 aliphatic carbocycles. The molecule has 0 unspecified atom stereocenters. The Bertz CT molecular complexity index is 3040. The Morgan fingerprint density at radius 3 is 0.684 bits per heavy atom. The van der Waals surface area contributed by atoms with Gasteiger partial charge in [-0.15, -0.1) is 0 Å². The number of aryl methyl sites for hydroxylation is 3. The summed E-state index contributed by atoms with van der Waals surface area (Å²) < 4.78 is 65.2. The third-order valence-electron chi connectivity index (χ3n) is 17.0. The second-order valence-electron chi connectivity index (χ2n) is 27.7. The second-order valence-corrected chi connectivity index (χ2v) is 31.0. The van der Waals surface area contributed by atoms with E-state index in [0.717, 1.165) is 166 Å². The number of alkyl halides is 1. The highest BCUT2D eigenvalue weighted by Crippen LogP contribution is 2.31. The van der Waals surface area contributed by atoms with E-state index < -0.39 is 0 Å². The summed E-state index contributed by atoms with van der Waals surface area (Å²) in [7, 11) is 0. The Morgan fingerprint density at radius 1 is 0.235 bits per heavy atom. The third kappa shape index (κ3) is 33.8. The summed E-state index contributed by atoms with van der Waals surface area (Å²) in [6, 6.07) is 52.6. The summed E-state index contributed by atoms with van der Waals surface area (Å²) in [5.41, 5.74) is 6.32. The molecule has 7 aromatic carbocycles. The van der Waals surface area contributed by atoms with E-state index in [0.29, 0.717) is 52.9 Å². The van der Waals surface area contributed by atoms with Gasteiger partial charge >= 0.3 is 0 Å². The fourth-order valence-electron chi connectivity index (χ4n) is 11.4. The van der Waals surface area contributed by atoms with Gasteiger partial charge in [0.25, 0.3) is 0 Å². The van der Waals surface area contributed by atoms with Gasteiger partial charge in [0, 0.05) is 43.5 Å². The zero-order chi connectivity index (χ0) is 69.3. The summed E-state index contributed by atoms with van der Waals surface area (Å²) in [6.07, 6.45) is 25.7. The molecule has 10 nitrogen and oxygen atoms in total. The number of rotatable bonds is 51. The molecule has 0 saturated heterocycles. The minimum atomic E-state index is 0.102. The highest BCUT2D eigenvalue weighted by atomic mass is 127. The van der Waals surface area contributed by atoms with Crippen LogP contribution in [0.5, 0.6) is 57.5 Å². The lowest BCUT2D eigenvalue weighted by molar-refractivity contribution is 0.245. The van der Waals surface area contributed by atoms with Crippen LogP contribution in [0.3, 0.4) is 0 Å². The molecule has 0 atom stereocenters. The van der Waals surface area contributed by atoms with E-state index in [1.165, 1.54) is 99.2 Å². The van der Waals surface area contributed by atoms with Crippen molar-refractivity contribution in [3.05, 3.63) is 187 Å². The summed E-state index contributed by atoms with van der Waals surface area (Å²) in [4.78, 5) is 0. The molecule has 0 saturated carbocycles. The minimum Gasteiger partial charge on any atom is -0.494 e. The van der Waals surface area contributed by atoms with Gasteiger partial charge in [-0.05, 0) is 257 Å². The van der Waals surface area contributed by atoms with Crippen molar-refractivity contribution in [2.45, 2.75) is 206 Å². The predicted molar refractivity (Wildman–Crippen MR) is 425 cm³/mol. The first-order chi connectivity index (χ1) is 47.6. The number of unbranched alkanes of at least 4 members (excludes halogenated alkanes) is 14. The minimum absolute atomic E-state index is 0.102. The normalized spacial score (nSPS) is 11.5. The number of hydrogen-bond acceptors (Lipinski definition) is 10. The third-order valence-corrected chi connectivity index (χ3v) is 19.0. The van der Waals surface area contributed by atoms with Gasteiger partial charge in [0.2, 0.25) is 0 Å². The van der Waals surface area contributed by atoms with E-state index in [9.17, 15) is 0 Å². The molecule has 0 fully saturated rings. The lowest BCUT2D eigenvalue weighted by Gasteiger charge is -2.19. The first kappa shape index (κ1) is 79.8. The smallest absolute Gasteiger partial charge is 0.123 e. The Labute approximate surface area is 625 Å². The van der Waals surface area contributed by atoms with Crippen molar-refractivity contribution in [3.63, 3.8) is 0 Å². The van der Waals surface area contributed by atoms with Crippen molar-refractivity contribution in [2.24, 2.45) is 0 Å². The van der Waals surface area contributed by atoms with Crippen LogP contribution in [0.1, 0.15) is 204 Å². The van der Waals surface area contributed by atoms with E-state index >= 15 is 0 Å². The first-order valence-corrected chi connectivity index (χ1v) is 39.9. The van der Waals surface area contributed by atoms with Crippen molar-refractivity contribution in [2.75, 3.05) is 71.4 Å². The molecule has 0 aliphatic rings. The molecule has 0 bridgehead atoms. The van der Waals surface area contributed by atoms with Crippen LogP contribution in [-0.2, 0) is 30.1 Å². The lowest BCUT2D eigenvalue weighted by atomic mass is 9.87. The van der Waals surface area contributed by atoms with E-state index in [1.807, 2.05) is 18.2 Å². The van der Waals surface area contributed by atoms with Crippen LogP contribution in [0.4, 0.5) is 0 Å².